The second-order valence-electron chi connectivity index (χ2n) is 8.06. The van der Waals surface area contributed by atoms with E-state index in [4.69, 9.17) is 27.9 Å². The molecule has 1 saturated carbocycles. The lowest BCUT2D eigenvalue weighted by atomic mass is 9.97. The zero-order chi connectivity index (χ0) is 19.2. The number of fused-ring (bicyclic) bond motifs is 1. The third-order valence-corrected chi connectivity index (χ3v) is 6.24. The molecule has 2 aliphatic rings. The van der Waals surface area contributed by atoms with Crippen molar-refractivity contribution in [2.24, 2.45) is 17.3 Å². The number of rotatable bonds is 4. The van der Waals surface area contributed by atoms with Gasteiger partial charge in [-0.05, 0) is 39.7 Å². The van der Waals surface area contributed by atoms with Gasteiger partial charge in [-0.25, -0.2) is 0 Å². The highest BCUT2D eigenvalue weighted by Gasteiger charge is 2.62. The Hall–Kier alpha value is -1.77. The van der Waals surface area contributed by atoms with E-state index in [2.05, 4.69) is 30.3 Å². The summed E-state index contributed by atoms with van der Waals surface area (Å²) >= 11 is 11.6. The summed E-state index contributed by atoms with van der Waals surface area (Å²) in [6.07, 6.45) is 3.18. The molecule has 4 heteroatoms. The first-order valence-corrected chi connectivity index (χ1v) is 10.0. The van der Waals surface area contributed by atoms with E-state index in [1.807, 2.05) is 32.0 Å². The van der Waals surface area contributed by atoms with E-state index in [1.165, 1.54) is 22.3 Å². The van der Waals surface area contributed by atoms with Gasteiger partial charge in [-0.1, -0.05) is 85.6 Å². The average molecular weight is 401 g/mol. The molecule has 2 nitrogen and oxygen atoms in total. The second kappa shape index (κ2) is 7.00. The fraction of sp³-hybridized carbons (Fsp3) is 0.348. The van der Waals surface area contributed by atoms with Crippen LogP contribution >= 0.6 is 23.2 Å². The summed E-state index contributed by atoms with van der Waals surface area (Å²) in [7, 11) is 0. The standard InChI is InChI=1S/C23H22Cl2O2/c1-23(2)19(13-20(24)25)21(23)22(26)27-16-11-15-9-6-10-17(18(15)12-16)14-7-4-3-5-8-14/h3-10,13,16,19,21H,11-12H2,1-2H3/t16?,19-,21-/m0/s1. The maximum Gasteiger partial charge on any atom is 0.310 e. The Morgan fingerprint density at radius 3 is 2.52 bits per heavy atom. The predicted molar refractivity (Wildman–Crippen MR) is 110 cm³/mol. The molecule has 27 heavy (non-hydrogen) atoms. The molecule has 140 valence electrons. The van der Waals surface area contributed by atoms with Crippen LogP contribution in [-0.2, 0) is 22.4 Å². The van der Waals surface area contributed by atoms with Gasteiger partial charge in [0, 0.05) is 12.8 Å². The molecule has 3 atom stereocenters. The highest BCUT2D eigenvalue weighted by atomic mass is 35.5. The predicted octanol–water partition coefficient (Wildman–Crippen LogP) is 5.96. The molecule has 0 heterocycles. The molecule has 2 aromatic rings. The van der Waals surface area contributed by atoms with Gasteiger partial charge >= 0.3 is 5.97 Å². The molecule has 1 fully saturated rings. The van der Waals surface area contributed by atoms with Gasteiger partial charge in [-0.2, -0.15) is 0 Å². The van der Waals surface area contributed by atoms with Crippen LogP contribution in [0, 0.1) is 17.3 Å². The zero-order valence-electron chi connectivity index (χ0n) is 15.4. The van der Waals surface area contributed by atoms with Crippen LogP contribution in [0.2, 0.25) is 0 Å². The first-order valence-electron chi connectivity index (χ1n) is 9.27. The van der Waals surface area contributed by atoms with Crippen molar-refractivity contribution >= 4 is 29.2 Å². The number of esters is 1. The molecule has 0 saturated heterocycles. The minimum absolute atomic E-state index is 0.0404. The molecule has 0 radical (unpaired) electrons. The van der Waals surface area contributed by atoms with Crippen molar-refractivity contribution in [1.82, 2.24) is 0 Å². The largest absolute Gasteiger partial charge is 0.461 e. The number of hydrogen-bond acceptors (Lipinski definition) is 2. The number of hydrogen-bond donors (Lipinski definition) is 0. The number of ether oxygens (including phenoxy) is 1. The maximum absolute atomic E-state index is 12.7. The Bertz CT molecular complexity index is 898. The number of carbonyl (C=O) groups excluding carboxylic acids is 1. The van der Waals surface area contributed by atoms with E-state index < -0.39 is 0 Å². The van der Waals surface area contributed by atoms with Crippen LogP contribution in [0.3, 0.4) is 0 Å². The van der Waals surface area contributed by atoms with Crippen molar-refractivity contribution in [2.75, 3.05) is 0 Å². The topological polar surface area (TPSA) is 26.3 Å². The molecule has 2 aliphatic carbocycles. The average Bonchev–Trinajstić information content (AvgIpc) is 2.97. The SMILES string of the molecule is CC1(C)[C@H](C(=O)OC2Cc3cccc(-c4ccccc4)c3C2)[C@@H]1C=C(Cl)Cl. The molecule has 0 N–H and O–H groups in total. The van der Waals surface area contributed by atoms with Crippen LogP contribution in [0.4, 0.5) is 0 Å². The first-order chi connectivity index (χ1) is 12.9. The van der Waals surface area contributed by atoms with Gasteiger partial charge < -0.3 is 4.74 Å². The quantitative estimate of drug-likeness (QED) is 0.592. The minimum Gasteiger partial charge on any atom is -0.461 e. The number of halogens is 2. The summed E-state index contributed by atoms with van der Waals surface area (Å²) in [6, 6.07) is 16.7. The molecule has 2 aromatic carbocycles. The van der Waals surface area contributed by atoms with Crippen molar-refractivity contribution in [2.45, 2.75) is 32.8 Å². The lowest BCUT2D eigenvalue weighted by Crippen LogP contribution is -2.21. The summed E-state index contributed by atoms with van der Waals surface area (Å²) in [6.45, 7) is 4.10. The van der Waals surface area contributed by atoms with Gasteiger partial charge in [0.15, 0.2) is 0 Å². The first kappa shape index (κ1) is 18.6. The third kappa shape index (κ3) is 3.53. The number of allylic oxidation sites excluding steroid dienone is 1. The molecular formula is C23H22Cl2O2. The van der Waals surface area contributed by atoms with Crippen LogP contribution in [0.1, 0.15) is 25.0 Å². The van der Waals surface area contributed by atoms with Gasteiger partial charge in [-0.15, -0.1) is 0 Å². The Morgan fingerprint density at radius 1 is 1.07 bits per heavy atom. The molecule has 0 amide bonds. The zero-order valence-corrected chi connectivity index (χ0v) is 16.9. The van der Waals surface area contributed by atoms with Gasteiger partial charge in [0.1, 0.15) is 10.6 Å². The van der Waals surface area contributed by atoms with E-state index in [9.17, 15) is 4.79 Å². The Balaban J connectivity index is 1.49. The van der Waals surface area contributed by atoms with Crippen LogP contribution in [0.5, 0.6) is 0 Å². The summed E-state index contributed by atoms with van der Waals surface area (Å²) in [5.74, 6) is -0.282. The summed E-state index contributed by atoms with van der Waals surface area (Å²) in [4.78, 5) is 12.7. The van der Waals surface area contributed by atoms with Crippen molar-refractivity contribution in [3.05, 3.63) is 70.2 Å². The molecule has 4 rings (SSSR count). The van der Waals surface area contributed by atoms with E-state index >= 15 is 0 Å². The normalized spacial score (nSPS) is 24.8. The highest BCUT2D eigenvalue weighted by molar-refractivity contribution is 6.55. The molecular weight excluding hydrogens is 379 g/mol. The molecule has 0 aliphatic heterocycles. The van der Waals surface area contributed by atoms with Crippen LogP contribution in [0.15, 0.2) is 59.1 Å². The van der Waals surface area contributed by atoms with Gasteiger partial charge in [0.25, 0.3) is 0 Å². The molecule has 1 unspecified atom stereocenters. The lowest BCUT2D eigenvalue weighted by molar-refractivity contribution is -0.151. The van der Waals surface area contributed by atoms with Gasteiger partial charge in [-0.3, -0.25) is 4.79 Å². The third-order valence-electron chi connectivity index (χ3n) is 5.99. The molecule has 0 spiro atoms. The summed E-state index contributed by atoms with van der Waals surface area (Å²) in [5.41, 5.74) is 4.83. The van der Waals surface area contributed by atoms with E-state index in [-0.39, 0.29) is 33.8 Å². The van der Waals surface area contributed by atoms with E-state index in [0.717, 1.165) is 12.8 Å². The van der Waals surface area contributed by atoms with Crippen LogP contribution in [-0.4, -0.2) is 12.1 Å². The molecule has 0 aromatic heterocycles. The van der Waals surface area contributed by atoms with Crippen LogP contribution < -0.4 is 0 Å². The maximum atomic E-state index is 12.7. The van der Waals surface area contributed by atoms with Crippen molar-refractivity contribution in [1.29, 1.82) is 0 Å². The minimum atomic E-state index is -0.178. The number of carbonyl (C=O) groups is 1. The Kier molecular flexibility index (Phi) is 4.82. The molecule has 0 bridgehead atoms. The van der Waals surface area contributed by atoms with Crippen molar-refractivity contribution in [3.8, 4) is 11.1 Å². The fourth-order valence-corrected chi connectivity index (χ4v) is 4.67. The fourth-order valence-electron chi connectivity index (χ4n) is 4.40. The van der Waals surface area contributed by atoms with Crippen LogP contribution in [0.25, 0.3) is 11.1 Å². The van der Waals surface area contributed by atoms with Gasteiger partial charge in [0.05, 0.1) is 5.92 Å². The van der Waals surface area contributed by atoms with Crippen molar-refractivity contribution in [3.63, 3.8) is 0 Å². The van der Waals surface area contributed by atoms with Gasteiger partial charge in [0.2, 0.25) is 0 Å². The Morgan fingerprint density at radius 2 is 1.81 bits per heavy atom. The smallest absolute Gasteiger partial charge is 0.310 e. The van der Waals surface area contributed by atoms with E-state index in [1.54, 1.807) is 6.08 Å². The number of benzene rings is 2. The Labute approximate surface area is 170 Å². The lowest BCUT2D eigenvalue weighted by Gasteiger charge is -2.12. The van der Waals surface area contributed by atoms with Crippen molar-refractivity contribution < 1.29 is 9.53 Å². The summed E-state index contributed by atoms with van der Waals surface area (Å²) in [5, 5.41) is 0. The second-order valence-corrected chi connectivity index (χ2v) is 9.07. The van der Waals surface area contributed by atoms with E-state index in [0.29, 0.717) is 0 Å². The summed E-state index contributed by atoms with van der Waals surface area (Å²) < 4.78 is 6.11. The highest BCUT2D eigenvalue weighted by Crippen LogP contribution is 2.60. The monoisotopic (exact) mass is 400 g/mol.